The van der Waals surface area contributed by atoms with E-state index < -0.39 is 0 Å². The number of nitrogens with one attached hydrogen (secondary N) is 1. The largest absolute Gasteiger partial charge is 0.353 e. The van der Waals surface area contributed by atoms with Gasteiger partial charge in [-0.3, -0.25) is 4.79 Å². The number of likely N-dealkylation sites (tertiary alicyclic amines) is 1. The summed E-state index contributed by atoms with van der Waals surface area (Å²) in [6, 6.07) is 13.1. The smallest absolute Gasteiger partial charge is 0.243 e. The van der Waals surface area contributed by atoms with Crippen LogP contribution in [0.2, 0.25) is 10.0 Å². The fraction of sp³-hybridized carbons (Fsp3) is 0.417. The number of carbonyl (C=O) groups excluding carboxylic acids is 1. The van der Waals surface area contributed by atoms with Gasteiger partial charge in [0.1, 0.15) is 11.9 Å². The molecule has 2 aromatic carbocycles. The van der Waals surface area contributed by atoms with Crippen LogP contribution in [0.15, 0.2) is 42.5 Å². The van der Waals surface area contributed by atoms with Crippen LogP contribution < -0.4 is 5.32 Å². The molecule has 31 heavy (non-hydrogen) atoms. The molecule has 0 aliphatic carbocycles. The van der Waals surface area contributed by atoms with Crippen molar-refractivity contribution in [3.8, 4) is 0 Å². The highest BCUT2D eigenvalue weighted by Crippen LogP contribution is 2.30. The van der Waals surface area contributed by atoms with E-state index in [1.54, 1.807) is 0 Å². The minimum Gasteiger partial charge on any atom is -0.353 e. The van der Waals surface area contributed by atoms with E-state index in [0.717, 1.165) is 42.1 Å². The summed E-state index contributed by atoms with van der Waals surface area (Å²) in [5.74, 6) is 0.814. The van der Waals surface area contributed by atoms with Crippen LogP contribution >= 0.6 is 23.2 Å². The van der Waals surface area contributed by atoms with Gasteiger partial charge in [-0.15, -0.1) is 0 Å². The van der Waals surface area contributed by atoms with E-state index in [4.69, 9.17) is 28.2 Å². The normalized spacial score (nSPS) is 15.5. The third-order valence-corrected chi connectivity index (χ3v) is 6.70. The Hall–Kier alpha value is -2.08. The number of nitrogens with zero attached hydrogens (tertiary/aromatic N) is 3. The number of imidazole rings is 1. The second-order valence-corrected chi connectivity index (χ2v) is 8.84. The molecule has 1 atom stereocenters. The van der Waals surface area contributed by atoms with Gasteiger partial charge >= 0.3 is 0 Å². The van der Waals surface area contributed by atoms with Crippen LogP contribution in [-0.4, -0.2) is 46.5 Å². The molecule has 1 aromatic heterocycles. The summed E-state index contributed by atoms with van der Waals surface area (Å²) in [6.07, 6.45) is 3.63. The van der Waals surface area contributed by atoms with Crippen LogP contribution in [0.4, 0.5) is 0 Å². The van der Waals surface area contributed by atoms with E-state index in [2.05, 4.69) is 14.8 Å². The zero-order valence-electron chi connectivity index (χ0n) is 17.8. The summed E-state index contributed by atoms with van der Waals surface area (Å²) >= 11 is 12.9. The van der Waals surface area contributed by atoms with Crippen LogP contribution in [0.3, 0.4) is 0 Å². The van der Waals surface area contributed by atoms with E-state index in [9.17, 15) is 4.79 Å². The van der Waals surface area contributed by atoms with Gasteiger partial charge in [-0.05, 0) is 62.2 Å². The van der Waals surface area contributed by atoms with Crippen molar-refractivity contribution in [3.05, 3.63) is 63.9 Å². The van der Waals surface area contributed by atoms with Gasteiger partial charge in [0, 0.05) is 29.6 Å². The summed E-state index contributed by atoms with van der Waals surface area (Å²) < 4.78 is 2.06. The predicted octanol–water partition coefficient (Wildman–Crippen LogP) is 5.10. The van der Waals surface area contributed by atoms with Gasteiger partial charge < -0.3 is 14.8 Å². The topological polar surface area (TPSA) is 50.2 Å². The van der Waals surface area contributed by atoms with Crippen LogP contribution in [0.5, 0.6) is 0 Å². The molecule has 1 amide bonds. The summed E-state index contributed by atoms with van der Waals surface area (Å²) in [5, 5.41) is 4.36. The Morgan fingerprint density at radius 3 is 2.52 bits per heavy atom. The molecule has 1 N–H and O–H groups in total. The Labute approximate surface area is 193 Å². The van der Waals surface area contributed by atoms with Crippen molar-refractivity contribution in [3.63, 3.8) is 0 Å². The monoisotopic (exact) mass is 458 g/mol. The summed E-state index contributed by atoms with van der Waals surface area (Å²) in [7, 11) is 0. The molecular formula is C24H28Cl2N4O. The Morgan fingerprint density at radius 1 is 1.10 bits per heavy atom. The number of benzene rings is 2. The van der Waals surface area contributed by atoms with Crippen molar-refractivity contribution in [1.29, 1.82) is 0 Å². The highest BCUT2D eigenvalue weighted by atomic mass is 35.5. The minimum absolute atomic E-state index is 0.0244. The van der Waals surface area contributed by atoms with Crippen LogP contribution in [-0.2, 0) is 11.2 Å². The molecule has 1 aliphatic rings. The molecule has 0 saturated carbocycles. The Balaban J connectivity index is 1.62. The number of halogens is 2. The molecule has 7 heteroatoms. The third kappa shape index (κ3) is 4.89. The average molecular weight is 459 g/mol. The second-order valence-electron chi connectivity index (χ2n) is 8.03. The molecule has 3 aromatic rings. The SMILES string of the molecule is CC[C@@H](C(=O)NCCN1CCCC1)n1c(Cc2c(Cl)cccc2Cl)nc2ccccc21. The molecule has 0 radical (unpaired) electrons. The zero-order chi connectivity index (χ0) is 21.8. The lowest BCUT2D eigenvalue weighted by Crippen LogP contribution is -2.38. The van der Waals surface area contributed by atoms with E-state index in [1.165, 1.54) is 12.8 Å². The first-order chi connectivity index (χ1) is 15.1. The fourth-order valence-corrected chi connectivity index (χ4v) is 4.90. The maximum Gasteiger partial charge on any atom is 0.243 e. The minimum atomic E-state index is -0.345. The molecule has 1 aliphatic heterocycles. The van der Waals surface area contributed by atoms with E-state index in [0.29, 0.717) is 29.4 Å². The maximum atomic E-state index is 13.2. The van der Waals surface area contributed by atoms with E-state index in [-0.39, 0.29) is 11.9 Å². The predicted molar refractivity (Wildman–Crippen MR) is 127 cm³/mol. The fourth-order valence-electron chi connectivity index (χ4n) is 4.37. The number of hydrogen-bond donors (Lipinski definition) is 1. The van der Waals surface area contributed by atoms with Gasteiger partial charge in [-0.25, -0.2) is 4.98 Å². The highest BCUT2D eigenvalue weighted by Gasteiger charge is 2.25. The Morgan fingerprint density at radius 2 is 1.81 bits per heavy atom. The van der Waals surface area contributed by atoms with Gasteiger partial charge in [0.15, 0.2) is 0 Å². The molecule has 164 valence electrons. The number of hydrogen-bond acceptors (Lipinski definition) is 3. The molecule has 0 spiro atoms. The molecule has 1 saturated heterocycles. The molecular weight excluding hydrogens is 431 g/mol. The summed E-state index contributed by atoms with van der Waals surface area (Å²) in [4.78, 5) is 20.4. The second kappa shape index (κ2) is 10.0. The number of aromatic nitrogens is 2. The first-order valence-electron chi connectivity index (χ1n) is 11.0. The summed E-state index contributed by atoms with van der Waals surface area (Å²) in [6.45, 7) is 5.85. The van der Waals surface area contributed by atoms with Crippen molar-refractivity contribution < 1.29 is 4.79 Å². The van der Waals surface area contributed by atoms with Crippen molar-refractivity contribution in [1.82, 2.24) is 19.8 Å². The lowest BCUT2D eigenvalue weighted by atomic mass is 10.1. The number of para-hydroxylation sites is 2. The van der Waals surface area contributed by atoms with E-state index in [1.807, 2.05) is 49.4 Å². The number of carbonyl (C=O) groups is 1. The lowest BCUT2D eigenvalue weighted by Gasteiger charge is -2.22. The first-order valence-corrected chi connectivity index (χ1v) is 11.7. The molecule has 0 unspecified atom stereocenters. The first kappa shape index (κ1) is 22.1. The molecule has 1 fully saturated rings. The standard InChI is InChI=1S/C24H28Cl2N4O/c1-2-21(24(31)27-12-15-29-13-5-6-14-29)30-22-11-4-3-10-20(22)28-23(30)16-17-18(25)8-7-9-19(17)26/h3-4,7-11,21H,2,5-6,12-16H2,1H3,(H,27,31)/t21-/m0/s1. The Kier molecular flexibility index (Phi) is 7.16. The number of fused-ring (bicyclic) bond motifs is 1. The Bertz CT molecular complexity index is 1040. The van der Waals surface area contributed by atoms with Gasteiger partial charge in [-0.2, -0.15) is 0 Å². The zero-order valence-corrected chi connectivity index (χ0v) is 19.3. The van der Waals surface area contributed by atoms with Crippen molar-refractivity contribution in [2.24, 2.45) is 0 Å². The number of amides is 1. The van der Waals surface area contributed by atoms with Gasteiger partial charge in [0.2, 0.25) is 5.91 Å². The molecule has 4 rings (SSSR count). The van der Waals surface area contributed by atoms with Gasteiger partial charge in [-0.1, -0.05) is 48.3 Å². The van der Waals surface area contributed by atoms with Gasteiger partial charge in [0.05, 0.1) is 11.0 Å². The van der Waals surface area contributed by atoms with Gasteiger partial charge in [0.25, 0.3) is 0 Å². The van der Waals surface area contributed by atoms with Crippen molar-refractivity contribution in [2.45, 2.75) is 38.6 Å². The molecule has 0 bridgehead atoms. The molecule has 5 nitrogen and oxygen atoms in total. The van der Waals surface area contributed by atoms with E-state index >= 15 is 0 Å². The third-order valence-electron chi connectivity index (χ3n) is 5.99. The maximum absolute atomic E-state index is 13.2. The molecule has 2 heterocycles. The quantitative estimate of drug-likeness (QED) is 0.510. The highest BCUT2D eigenvalue weighted by molar-refractivity contribution is 6.36. The van der Waals surface area contributed by atoms with Crippen LogP contribution in [0.1, 0.15) is 43.6 Å². The van der Waals surface area contributed by atoms with Crippen LogP contribution in [0.25, 0.3) is 11.0 Å². The summed E-state index contributed by atoms with van der Waals surface area (Å²) in [5.41, 5.74) is 2.64. The van der Waals surface area contributed by atoms with Crippen molar-refractivity contribution >= 4 is 40.1 Å². The van der Waals surface area contributed by atoms with Crippen LogP contribution in [0, 0.1) is 0 Å². The average Bonchev–Trinajstić information content (AvgIpc) is 3.40. The van der Waals surface area contributed by atoms with Crippen molar-refractivity contribution in [2.75, 3.05) is 26.2 Å². The lowest BCUT2D eigenvalue weighted by molar-refractivity contribution is -0.124. The number of rotatable bonds is 8.